The molecule has 0 saturated carbocycles. The van der Waals surface area contributed by atoms with Crippen molar-refractivity contribution in [2.45, 2.75) is 53.0 Å². The van der Waals surface area contributed by atoms with Gasteiger partial charge in [-0.3, -0.25) is 0 Å². The van der Waals surface area contributed by atoms with Gasteiger partial charge in [0.25, 0.3) is 0 Å². The Balaban J connectivity index is 3.39. The van der Waals surface area contributed by atoms with Gasteiger partial charge in [-0.15, -0.1) is 0 Å². The molecule has 0 amide bonds. The number of hydrogen-bond acceptors (Lipinski definition) is 3. The highest BCUT2D eigenvalue weighted by Crippen LogP contribution is 2.25. The van der Waals surface area contributed by atoms with Crippen LogP contribution in [-0.2, 0) is 5.41 Å². The van der Waals surface area contributed by atoms with E-state index in [-0.39, 0.29) is 11.5 Å². The third kappa shape index (κ3) is 3.69. The highest BCUT2D eigenvalue weighted by atomic mass is 16.4. The summed E-state index contributed by atoms with van der Waals surface area (Å²) >= 11 is 0. The van der Waals surface area contributed by atoms with Gasteiger partial charge < -0.3 is 10.0 Å². The fourth-order valence-electron chi connectivity index (χ4n) is 1.96. The molecular formula is C15H24N2O2. The number of pyridine rings is 1. The number of anilines is 1. The first-order valence-electron chi connectivity index (χ1n) is 6.69. The van der Waals surface area contributed by atoms with Crippen molar-refractivity contribution in [1.29, 1.82) is 0 Å². The van der Waals surface area contributed by atoms with Crippen molar-refractivity contribution in [2.75, 3.05) is 11.4 Å². The van der Waals surface area contributed by atoms with Crippen LogP contribution in [0, 0.1) is 0 Å². The second kappa shape index (κ2) is 5.59. The minimum Gasteiger partial charge on any atom is -0.478 e. The van der Waals surface area contributed by atoms with Gasteiger partial charge in [0.1, 0.15) is 5.82 Å². The summed E-state index contributed by atoms with van der Waals surface area (Å²) in [5, 5.41) is 9.25. The molecule has 0 aliphatic carbocycles. The summed E-state index contributed by atoms with van der Waals surface area (Å²) in [5.74, 6) is -0.170. The van der Waals surface area contributed by atoms with Crippen molar-refractivity contribution in [3.8, 4) is 0 Å². The largest absolute Gasteiger partial charge is 0.478 e. The van der Waals surface area contributed by atoms with Crippen molar-refractivity contribution in [3.05, 3.63) is 23.4 Å². The van der Waals surface area contributed by atoms with Crippen molar-refractivity contribution >= 4 is 11.8 Å². The standard InChI is InChI=1S/C15H24N2O2/c1-7-17(10(2)3)13-9-11(14(18)19)8-12(16-13)15(4,5)6/h8-10H,7H2,1-6H3,(H,18,19). The van der Waals surface area contributed by atoms with Crippen LogP contribution in [0.2, 0.25) is 0 Å². The summed E-state index contributed by atoms with van der Waals surface area (Å²) in [5.41, 5.74) is 0.937. The second-order valence-corrected chi connectivity index (χ2v) is 6.03. The van der Waals surface area contributed by atoms with Crippen molar-refractivity contribution in [1.82, 2.24) is 4.98 Å². The fraction of sp³-hybridized carbons (Fsp3) is 0.600. The minimum atomic E-state index is -0.908. The maximum Gasteiger partial charge on any atom is 0.335 e. The number of carbonyl (C=O) groups is 1. The Morgan fingerprint density at radius 3 is 2.32 bits per heavy atom. The molecule has 1 heterocycles. The molecule has 0 aliphatic rings. The lowest BCUT2D eigenvalue weighted by molar-refractivity contribution is 0.0696. The first-order chi connectivity index (χ1) is 8.66. The molecule has 0 unspecified atom stereocenters. The van der Waals surface area contributed by atoms with Gasteiger partial charge in [0, 0.05) is 23.7 Å². The maximum absolute atomic E-state index is 11.3. The molecule has 19 heavy (non-hydrogen) atoms. The van der Waals surface area contributed by atoms with Crippen LogP contribution in [0.1, 0.15) is 57.6 Å². The van der Waals surface area contributed by atoms with Crippen LogP contribution in [0.4, 0.5) is 5.82 Å². The zero-order chi connectivity index (χ0) is 14.8. The lowest BCUT2D eigenvalue weighted by Gasteiger charge is -2.28. The molecule has 0 saturated heterocycles. The predicted octanol–water partition coefficient (Wildman–Crippen LogP) is 3.31. The quantitative estimate of drug-likeness (QED) is 0.906. The average molecular weight is 264 g/mol. The number of rotatable bonds is 4. The summed E-state index contributed by atoms with van der Waals surface area (Å²) in [6.45, 7) is 13.1. The third-order valence-corrected chi connectivity index (χ3v) is 3.09. The van der Waals surface area contributed by atoms with Crippen molar-refractivity contribution < 1.29 is 9.90 Å². The SMILES string of the molecule is CCN(c1cc(C(=O)O)cc(C(C)(C)C)n1)C(C)C. The average Bonchev–Trinajstić information content (AvgIpc) is 2.27. The van der Waals surface area contributed by atoms with E-state index >= 15 is 0 Å². The maximum atomic E-state index is 11.3. The van der Waals surface area contributed by atoms with E-state index in [0.29, 0.717) is 5.56 Å². The van der Waals surface area contributed by atoms with Crippen molar-refractivity contribution in [2.24, 2.45) is 0 Å². The van der Waals surface area contributed by atoms with Crippen LogP contribution in [0.25, 0.3) is 0 Å². The van der Waals surface area contributed by atoms with E-state index < -0.39 is 5.97 Å². The molecule has 0 radical (unpaired) electrons. The fourth-order valence-corrected chi connectivity index (χ4v) is 1.96. The van der Waals surface area contributed by atoms with Gasteiger partial charge in [-0.2, -0.15) is 0 Å². The molecule has 106 valence electrons. The summed E-state index contributed by atoms with van der Waals surface area (Å²) in [4.78, 5) is 18.0. The lowest BCUT2D eigenvalue weighted by atomic mass is 9.90. The highest BCUT2D eigenvalue weighted by molar-refractivity contribution is 5.88. The van der Waals surface area contributed by atoms with Gasteiger partial charge in [-0.05, 0) is 32.9 Å². The van der Waals surface area contributed by atoms with Gasteiger partial charge in [-0.1, -0.05) is 20.8 Å². The number of carboxylic acids is 1. The Bertz CT molecular complexity index is 462. The van der Waals surface area contributed by atoms with Crippen LogP contribution >= 0.6 is 0 Å². The summed E-state index contributed by atoms with van der Waals surface area (Å²) in [7, 11) is 0. The zero-order valence-corrected chi connectivity index (χ0v) is 12.7. The Labute approximate surface area is 115 Å². The van der Waals surface area contributed by atoms with Crippen LogP contribution < -0.4 is 4.90 Å². The monoisotopic (exact) mass is 264 g/mol. The van der Waals surface area contributed by atoms with E-state index in [1.165, 1.54) is 0 Å². The predicted molar refractivity (Wildman–Crippen MR) is 78.1 cm³/mol. The van der Waals surface area contributed by atoms with Gasteiger partial charge >= 0.3 is 5.97 Å². The number of aromatic nitrogens is 1. The zero-order valence-electron chi connectivity index (χ0n) is 12.7. The van der Waals surface area contributed by atoms with Gasteiger partial charge in [0.05, 0.1) is 5.56 Å². The molecule has 0 aromatic carbocycles. The molecule has 0 atom stereocenters. The summed E-state index contributed by atoms with van der Waals surface area (Å²) in [6.07, 6.45) is 0. The second-order valence-electron chi connectivity index (χ2n) is 6.03. The van der Waals surface area contributed by atoms with E-state index in [0.717, 1.165) is 18.1 Å². The van der Waals surface area contributed by atoms with Gasteiger partial charge in [-0.25, -0.2) is 9.78 Å². The molecule has 0 aliphatic heterocycles. The van der Waals surface area contributed by atoms with Gasteiger partial charge in [0.2, 0.25) is 0 Å². The minimum absolute atomic E-state index is 0.170. The van der Waals surface area contributed by atoms with E-state index in [9.17, 15) is 9.90 Å². The Hall–Kier alpha value is -1.58. The van der Waals surface area contributed by atoms with Crippen LogP contribution in [0.5, 0.6) is 0 Å². The topological polar surface area (TPSA) is 53.4 Å². The molecule has 0 spiro atoms. The van der Waals surface area contributed by atoms with Crippen molar-refractivity contribution in [3.63, 3.8) is 0 Å². The first-order valence-corrected chi connectivity index (χ1v) is 6.69. The molecule has 1 N–H and O–H groups in total. The lowest BCUT2D eigenvalue weighted by Crippen LogP contribution is -2.32. The van der Waals surface area contributed by atoms with Gasteiger partial charge in [0.15, 0.2) is 0 Å². The van der Waals surface area contributed by atoms with Crippen LogP contribution in [-0.4, -0.2) is 28.6 Å². The third-order valence-electron chi connectivity index (χ3n) is 3.09. The summed E-state index contributed by atoms with van der Waals surface area (Å²) < 4.78 is 0. The Morgan fingerprint density at radius 2 is 1.95 bits per heavy atom. The highest BCUT2D eigenvalue weighted by Gasteiger charge is 2.21. The van der Waals surface area contributed by atoms with Crippen LogP contribution in [0.15, 0.2) is 12.1 Å². The van der Waals surface area contributed by atoms with E-state index in [1.54, 1.807) is 12.1 Å². The van der Waals surface area contributed by atoms with E-state index in [2.05, 4.69) is 23.7 Å². The molecule has 1 aromatic rings. The molecular weight excluding hydrogens is 240 g/mol. The number of aromatic carboxylic acids is 1. The summed E-state index contributed by atoms with van der Waals surface area (Å²) in [6, 6.07) is 3.61. The molecule has 4 nitrogen and oxygen atoms in total. The number of nitrogens with zero attached hydrogens (tertiary/aromatic N) is 2. The Morgan fingerprint density at radius 1 is 1.37 bits per heavy atom. The molecule has 4 heteroatoms. The van der Waals surface area contributed by atoms with E-state index in [1.807, 2.05) is 27.7 Å². The molecule has 1 aromatic heterocycles. The normalized spacial score (nSPS) is 11.7. The van der Waals surface area contributed by atoms with Crippen LogP contribution in [0.3, 0.4) is 0 Å². The number of hydrogen-bond donors (Lipinski definition) is 1. The smallest absolute Gasteiger partial charge is 0.335 e. The molecule has 1 rings (SSSR count). The van der Waals surface area contributed by atoms with E-state index in [4.69, 9.17) is 0 Å². The molecule has 0 bridgehead atoms. The number of carboxylic acid groups (broad SMARTS) is 1. The molecule has 0 fully saturated rings. The Kier molecular flexibility index (Phi) is 4.56. The first kappa shape index (κ1) is 15.5.